The van der Waals surface area contributed by atoms with Crippen molar-refractivity contribution < 1.29 is 4.39 Å². The van der Waals surface area contributed by atoms with Crippen molar-refractivity contribution in [2.75, 3.05) is 0 Å². The SMILES string of the molecule is O=c1c2c([nH]c3c(Br)ccc(F)c13)CCCCC2. The van der Waals surface area contributed by atoms with Crippen LogP contribution in [0.4, 0.5) is 4.39 Å². The molecule has 1 N–H and O–H groups in total. The molecular weight excluding hydrogens is 297 g/mol. The molecule has 94 valence electrons. The third kappa shape index (κ3) is 1.79. The van der Waals surface area contributed by atoms with Gasteiger partial charge in [-0.15, -0.1) is 0 Å². The van der Waals surface area contributed by atoms with Gasteiger partial charge in [0.1, 0.15) is 5.82 Å². The van der Waals surface area contributed by atoms with Gasteiger partial charge in [-0.3, -0.25) is 4.79 Å². The Labute approximate surface area is 112 Å². The van der Waals surface area contributed by atoms with Crippen LogP contribution < -0.4 is 5.43 Å². The van der Waals surface area contributed by atoms with Crippen LogP contribution in [0.2, 0.25) is 0 Å². The fourth-order valence-electron chi connectivity index (χ4n) is 2.67. The highest BCUT2D eigenvalue weighted by molar-refractivity contribution is 9.10. The molecule has 0 atom stereocenters. The first-order valence-electron chi connectivity index (χ1n) is 6.20. The lowest BCUT2D eigenvalue weighted by Crippen LogP contribution is -2.15. The molecule has 2 aromatic rings. The van der Waals surface area contributed by atoms with Gasteiger partial charge in [-0.1, -0.05) is 6.42 Å². The van der Waals surface area contributed by atoms with Crippen LogP contribution in [0.1, 0.15) is 30.5 Å². The van der Waals surface area contributed by atoms with Gasteiger partial charge in [0.15, 0.2) is 5.43 Å². The molecule has 0 spiro atoms. The third-order valence-corrected chi connectivity index (χ3v) is 4.26. The van der Waals surface area contributed by atoms with Crippen LogP contribution in [-0.4, -0.2) is 4.98 Å². The lowest BCUT2D eigenvalue weighted by molar-refractivity contribution is 0.638. The molecule has 0 aliphatic heterocycles. The number of halogens is 2. The highest BCUT2D eigenvalue weighted by Gasteiger charge is 2.17. The van der Waals surface area contributed by atoms with Crippen molar-refractivity contribution in [2.24, 2.45) is 0 Å². The van der Waals surface area contributed by atoms with Gasteiger partial charge in [-0.25, -0.2) is 4.39 Å². The molecule has 1 aliphatic rings. The van der Waals surface area contributed by atoms with Gasteiger partial charge in [0.05, 0.1) is 10.9 Å². The standard InChI is InChI=1S/C14H13BrFNO/c15-9-6-7-10(16)12-13(9)17-11-5-3-1-2-4-8(11)14(12)18/h6-7H,1-5H2,(H,17,18). The van der Waals surface area contributed by atoms with Gasteiger partial charge in [0.25, 0.3) is 0 Å². The summed E-state index contributed by atoms with van der Waals surface area (Å²) in [7, 11) is 0. The molecule has 0 bridgehead atoms. The van der Waals surface area contributed by atoms with Crippen molar-refractivity contribution in [3.8, 4) is 0 Å². The summed E-state index contributed by atoms with van der Waals surface area (Å²) >= 11 is 3.38. The minimum Gasteiger partial charge on any atom is -0.357 e. The minimum absolute atomic E-state index is 0.139. The fourth-order valence-corrected chi connectivity index (χ4v) is 3.10. The molecule has 1 heterocycles. The van der Waals surface area contributed by atoms with Crippen LogP contribution in [0.15, 0.2) is 21.4 Å². The molecule has 0 saturated heterocycles. The van der Waals surface area contributed by atoms with Crippen molar-refractivity contribution in [1.82, 2.24) is 4.98 Å². The molecule has 4 heteroatoms. The monoisotopic (exact) mass is 309 g/mol. The first kappa shape index (κ1) is 11.9. The quantitative estimate of drug-likeness (QED) is 0.740. The van der Waals surface area contributed by atoms with E-state index in [0.717, 1.165) is 47.8 Å². The summed E-state index contributed by atoms with van der Waals surface area (Å²) in [4.78, 5) is 15.7. The number of fused-ring (bicyclic) bond motifs is 2. The van der Waals surface area contributed by atoms with E-state index in [0.29, 0.717) is 5.52 Å². The summed E-state index contributed by atoms with van der Waals surface area (Å²) < 4.78 is 14.6. The molecule has 0 unspecified atom stereocenters. The lowest BCUT2D eigenvalue weighted by Gasteiger charge is -2.09. The fraction of sp³-hybridized carbons (Fsp3) is 0.357. The second-order valence-corrected chi connectivity index (χ2v) is 5.61. The molecule has 18 heavy (non-hydrogen) atoms. The van der Waals surface area contributed by atoms with E-state index in [1.54, 1.807) is 6.07 Å². The summed E-state index contributed by atoms with van der Waals surface area (Å²) in [5.74, 6) is -0.443. The zero-order valence-corrected chi connectivity index (χ0v) is 11.4. The smallest absolute Gasteiger partial charge is 0.195 e. The van der Waals surface area contributed by atoms with Crippen molar-refractivity contribution in [1.29, 1.82) is 0 Å². The molecule has 1 aromatic heterocycles. The molecule has 0 amide bonds. The van der Waals surface area contributed by atoms with E-state index in [1.807, 2.05) is 0 Å². The first-order valence-corrected chi connectivity index (χ1v) is 6.99. The highest BCUT2D eigenvalue weighted by atomic mass is 79.9. The number of hydrogen-bond acceptors (Lipinski definition) is 1. The number of pyridine rings is 1. The molecule has 3 rings (SSSR count). The number of rotatable bonds is 0. The van der Waals surface area contributed by atoms with E-state index in [1.165, 1.54) is 6.07 Å². The average Bonchev–Trinajstić information content (AvgIpc) is 2.59. The Kier molecular flexibility index (Phi) is 2.98. The van der Waals surface area contributed by atoms with Crippen LogP contribution in [0.3, 0.4) is 0 Å². The molecule has 2 nitrogen and oxygen atoms in total. The van der Waals surface area contributed by atoms with E-state index >= 15 is 0 Å². The van der Waals surface area contributed by atoms with Crippen molar-refractivity contribution >= 4 is 26.8 Å². The Bertz CT molecular complexity index is 678. The Balaban J connectivity index is 2.42. The number of aromatic amines is 1. The van der Waals surface area contributed by atoms with E-state index in [9.17, 15) is 9.18 Å². The number of H-pyrrole nitrogens is 1. The largest absolute Gasteiger partial charge is 0.357 e. The molecule has 1 aromatic carbocycles. The average molecular weight is 310 g/mol. The Morgan fingerprint density at radius 2 is 1.94 bits per heavy atom. The minimum atomic E-state index is -0.443. The Morgan fingerprint density at radius 1 is 1.17 bits per heavy atom. The Hall–Kier alpha value is -1.16. The van der Waals surface area contributed by atoms with Crippen LogP contribution in [0.5, 0.6) is 0 Å². The Morgan fingerprint density at radius 3 is 2.78 bits per heavy atom. The molecule has 1 aliphatic carbocycles. The normalized spacial score (nSPS) is 15.4. The topological polar surface area (TPSA) is 32.9 Å². The summed E-state index contributed by atoms with van der Waals surface area (Å²) in [5, 5.41) is 0.185. The lowest BCUT2D eigenvalue weighted by atomic mass is 10.0. The maximum atomic E-state index is 13.9. The molecule has 0 radical (unpaired) electrons. The first-order chi connectivity index (χ1) is 8.68. The van der Waals surface area contributed by atoms with Gasteiger partial charge in [0, 0.05) is 15.7 Å². The number of nitrogens with one attached hydrogen (secondary N) is 1. The number of hydrogen-bond donors (Lipinski definition) is 1. The summed E-state index contributed by atoms with van der Waals surface area (Å²) in [5.41, 5.74) is 2.20. The zero-order chi connectivity index (χ0) is 12.7. The summed E-state index contributed by atoms with van der Waals surface area (Å²) in [6.07, 6.45) is 4.86. The predicted octanol–water partition coefficient (Wildman–Crippen LogP) is 3.70. The summed E-state index contributed by atoms with van der Waals surface area (Å²) in [6.45, 7) is 0. The van der Waals surface area contributed by atoms with E-state index < -0.39 is 5.82 Å². The molecule has 0 fully saturated rings. The third-order valence-electron chi connectivity index (χ3n) is 3.60. The second kappa shape index (κ2) is 4.50. The van der Waals surface area contributed by atoms with Crippen LogP contribution in [-0.2, 0) is 12.8 Å². The number of aromatic nitrogens is 1. The highest BCUT2D eigenvalue weighted by Crippen LogP contribution is 2.26. The predicted molar refractivity (Wildman–Crippen MR) is 73.5 cm³/mol. The molecule has 0 saturated carbocycles. The van der Waals surface area contributed by atoms with Gasteiger partial charge >= 0.3 is 0 Å². The van der Waals surface area contributed by atoms with Crippen LogP contribution >= 0.6 is 15.9 Å². The second-order valence-electron chi connectivity index (χ2n) is 4.75. The van der Waals surface area contributed by atoms with E-state index in [-0.39, 0.29) is 10.8 Å². The van der Waals surface area contributed by atoms with E-state index in [4.69, 9.17) is 0 Å². The van der Waals surface area contributed by atoms with Crippen molar-refractivity contribution in [2.45, 2.75) is 32.1 Å². The van der Waals surface area contributed by atoms with E-state index in [2.05, 4.69) is 20.9 Å². The zero-order valence-electron chi connectivity index (χ0n) is 9.85. The van der Waals surface area contributed by atoms with Gasteiger partial charge in [0.2, 0.25) is 0 Å². The van der Waals surface area contributed by atoms with Gasteiger partial charge < -0.3 is 4.98 Å². The number of benzene rings is 1. The van der Waals surface area contributed by atoms with Gasteiger partial charge in [-0.05, 0) is 53.7 Å². The number of aryl methyl sites for hydroxylation is 1. The maximum Gasteiger partial charge on any atom is 0.195 e. The van der Waals surface area contributed by atoms with Crippen molar-refractivity contribution in [3.05, 3.63) is 43.9 Å². The summed E-state index contributed by atoms with van der Waals surface area (Å²) in [6, 6.07) is 2.97. The van der Waals surface area contributed by atoms with Crippen molar-refractivity contribution in [3.63, 3.8) is 0 Å². The maximum absolute atomic E-state index is 13.9. The van der Waals surface area contributed by atoms with Crippen LogP contribution in [0, 0.1) is 5.82 Å². The van der Waals surface area contributed by atoms with Gasteiger partial charge in [-0.2, -0.15) is 0 Å². The van der Waals surface area contributed by atoms with Crippen LogP contribution in [0.25, 0.3) is 10.9 Å². The molecular formula is C14H13BrFNO.